The van der Waals surface area contributed by atoms with E-state index in [4.69, 9.17) is 0 Å². The highest BCUT2D eigenvalue weighted by Gasteiger charge is 1.96. The van der Waals surface area contributed by atoms with Crippen LogP contribution >= 0.6 is 0 Å². The summed E-state index contributed by atoms with van der Waals surface area (Å²) in [6.07, 6.45) is 19.7. The van der Waals surface area contributed by atoms with E-state index >= 15 is 0 Å². The standard InChI is InChI=1S/C18H34O/c1-3-5-7-9-11-13-15-18(17-19)16-14-12-10-8-6-4-2/h15,17H,3-14,16H2,1-2H3. The average molecular weight is 266 g/mol. The van der Waals surface area contributed by atoms with Crippen LogP contribution in [0, 0.1) is 0 Å². The van der Waals surface area contributed by atoms with Crippen LogP contribution in [-0.2, 0) is 4.79 Å². The largest absolute Gasteiger partial charge is 0.298 e. The number of carbonyl (C=O) groups excluding carboxylic acids is 1. The first-order valence-corrected chi connectivity index (χ1v) is 8.49. The molecule has 0 bridgehead atoms. The predicted octanol–water partition coefficient (Wildman–Crippen LogP) is 6.22. The van der Waals surface area contributed by atoms with Crippen LogP contribution in [0.4, 0.5) is 0 Å². The summed E-state index contributed by atoms with van der Waals surface area (Å²) in [6, 6.07) is 0. The van der Waals surface area contributed by atoms with E-state index in [1.165, 1.54) is 70.6 Å². The van der Waals surface area contributed by atoms with Crippen LogP contribution in [-0.4, -0.2) is 6.29 Å². The van der Waals surface area contributed by atoms with Crippen LogP contribution in [0.3, 0.4) is 0 Å². The molecule has 0 radical (unpaired) electrons. The molecule has 0 heterocycles. The lowest BCUT2D eigenvalue weighted by Gasteiger charge is -2.02. The van der Waals surface area contributed by atoms with Gasteiger partial charge in [0.2, 0.25) is 0 Å². The highest BCUT2D eigenvalue weighted by atomic mass is 16.1. The molecular weight excluding hydrogens is 232 g/mol. The Kier molecular flexibility index (Phi) is 15.0. The van der Waals surface area contributed by atoms with Gasteiger partial charge < -0.3 is 0 Å². The average Bonchev–Trinajstić information content (AvgIpc) is 2.44. The molecule has 0 aliphatic rings. The Bertz CT molecular complexity index is 218. The summed E-state index contributed by atoms with van der Waals surface area (Å²) in [7, 11) is 0. The third-order valence-electron chi connectivity index (χ3n) is 3.68. The number of allylic oxidation sites excluding steroid dienone is 2. The summed E-state index contributed by atoms with van der Waals surface area (Å²) in [4.78, 5) is 11.0. The van der Waals surface area contributed by atoms with Gasteiger partial charge >= 0.3 is 0 Å². The third-order valence-corrected chi connectivity index (χ3v) is 3.68. The fourth-order valence-electron chi connectivity index (χ4n) is 2.35. The van der Waals surface area contributed by atoms with E-state index < -0.39 is 0 Å². The van der Waals surface area contributed by atoms with Gasteiger partial charge in [-0.15, -0.1) is 0 Å². The van der Waals surface area contributed by atoms with Crippen molar-refractivity contribution >= 4 is 6.29 Å². The van der Waals surface area contributed by atoms with Crippen LogP contribution in [0.2, 0.25) is 0 Å². The first-order chi connectivity index (χ1) is 9.35. The van der Waals surface area contributed by atoms with Gasteiger partial charge in [0.1, 0.15) is 6.29 Å². The molecule has 0 aliphatic heterocycles. The second-order valence-corrected chi connectivity index (χ2v) is 5.62. The fraction of sp³-hybridized carbons (Fsp3) is 0.833. The van der Waals surface area contributed by atoms with E-state index in [2.05, 4.69) is 19.9 Å². The molecule has 0 rings (SSSR count). The van der Waals surface area contributed by atoms with Crippen molar-refractivity contribution in [2.24, 2.45) is 0 Å². The number of hydrogen-bond acceptors (Lipinski definition) is 1. The number of hydrogen-bond donors (Lipinski definition) is 0. The van der Waals surface area contributed by atoms with Crippen LogP contribution < -0.4 is 0 Å². The molecule has 0 N–H and O–H groups in total. The molecule has 1 heteroatoms. The summed E-state index contributed by atoms with van der Waals surface area (Å²) >= 11 is 0. The van der Waals surface area contributed by atoms with Crippen molar-refractivity contribution in [3.8, 4) is 0 Å². The van der Waals surface area contributed by atoms with E-state index in [9.17, 15) is 4.79 Å². The van der Waals surface area contributed by atoms with Crippen molar-refractivity contribution in [3.05, 3.63) is 11.6 Å². The normalized spacial score (nSPS) is 11.8. The zero-order chi connectivity index (χ0) is 14.2. The van der Waals surface area contributed by atoms with E-state index in [-0.39, 0.29) is 0 Å². The van der Waals surface area contributed by atoms with Crippen LogP contribution in [0.1, 0.15) is 97.3 Å². The number of rotatable bonds is 14. The van der Waals surface area contributed by atoms with Gasteiger partial charge in [-0.3, -0.25) is 4.79 Å². The number of carbonyl (C=O) groups is 1. The molecule has 0 aromatic rings. The van der Waals surface area contributed by atoms with Gasteiger partial charge in [0.25, 0.3) is 0 Å². The Balaban J connectivity index is 3.49. The highest BCUT2D eigenvalue weighted by molar-refractivity contribution is 5.72. The minimum atomic E-state index is 0.991. The van der Waals surface area contributed by atoms with Crippen LogP contribution in [0.5, 0.6) is 0 Å². The SMILES string of the molecule is CCCCCCCC=C(C=O)CCCCCCCC. The Morgan fingerprint density at radius 3 is 1.84 bits per heavy atom. The molecule has 112 valence electrons. The summed E-state index contributed by atoms with van der Waals surface area (Å²) in [6.45, 7) is 4.48. The van der Waals surface area contributed by atoms with Crippen molar-refractivity contribution in [3.63, 3.8) is 0 Å². The molecule has 0 unspecified atom stereocenters. The molecule has 0 spiro atoms. The van der Waals surface area contributed by atoms with Gasteiger partial charge in [0.15, 0.2) is 0 Å². The molecule has 0 aromatic carbocycles. The lowest BCUT2D eigenvalue weighted by molar-refractivity contribution is -0.105. The van der Waals surface area contributed by atoms with Gasteiger partial charge in [-0.05, 0) is 31.3 Å². The smallest absolute Gasteiger partial charge is 0.145 e. The Labute approximate surface area is 120 Å². The summed E-state index contributed by atoms with van der Waals surface area (Å²) < 4.78 is 0. The maximum absolute atomic E-state index is 11.0. The second kappa shape index (κ2) is 15.5. The molecule has 0 aliphatic carbocycles. The molecule has 0 amide bonds. The quantitative estimate of drug-likeness (QED) is 0.207. The molecule has 0 atom stereocenters. The molecule has 19 heavy (non-hydrogen) atoms. The Morgan fingerprint density at radius 1 is 0.737 bits per heavy atom. The third kappa shape index (κ3) is 13.6. The van der Waals surface area contributed by atoms with E-state index in [1.54, 1.807) is 0 Å². The minimum Gasteiger partial charge on any atom is -0.298 e. The van der Waals surface area contributed by atoms with Crippen molar-refractivity contribution in [1.82, 2.24) is 0 Å². The molecular formula is C18H34O. The minimum absolute atomic E-state index is 0.991. The maximum Gasteiger partial charge on any atom is 0.145 e. The van der Waals surface area contributed by atoms with Crippen LogP contribution in [0.15, 0.2) is 11.6 Å². The van der Waals surface area contributed by atoms with Crippen LogP contribution in [0.25, 0.3) is 0 Å². The second-order valence-electron chi connectivity index (χ2n) is 5.62. The molecule has 1 nitrogen and oxygen atoms in total. The maximum atomic E-state index is 11.0. The molecule has 0 aromatic heterocycles. The first-order valence-electron chi connectivity index (χ1n) is 8.49. The molecule has 0 saturated carbocycles. The summed E-state index contributed by atoms with van der Waals surface area (Å²) in [5.41, 5.74) is 1.03. The van der Waals surface area contributed by atoms with Gasteiger partial charge in [-0.25, -0.2) is 0 Å². The predicted molar refractivity (Wildman–Crippen MR) is 85.5 cm³/mol. The van der Waals surface area contributed by atoms with Gasteiger partial charge in [-0.2, -0.15) is 0 Å². The van der Waals surface area contributed by atoms with Crippen molar-refractivity contribution in [2.75, 3.05) is 0 Å². The van der Waals surface area contributed by atoms with Gasteiger partial charge in [0.05, 0.1) is 0 Å². The first kappa shape index (κ1) is 18.4. The van der Waals surface area contributed by atoms with E-state index in [0.717, 1.165) is 24.7 Å². The Hall–Kier alpha value is -0.590. The fourth-order valence-corrected chi connectivity index (χ4v) is 2.35. The van der Waals surface area contributed by atoms with E-state index in [0.29, 0.717) is 0 Å². The topological polar surface area (TPSA) is 17.1 Å². The lowest BCUT2D eigenvalue weighted by Crippen LogP contribution is -1.87. The van der Waals surface area contributed by atoms with E-state index in [1.807, 2.05) is 0 Å². The lowest BCUT2D eigenvalue weighted by atomic mass is 10.0. The Morgan fingerprint density at radius 2 is 1.26 bits per heavy atom. The van der Waals surface area contributed by atoms with Gasteiger partial charge in [0, 0.05) is 0 Å². The summed E-state index contributed by atoms with van der Waals surface area (Å²) in [5, 5.41) is 0. The van der Waals surface area contributed by atoms with Crippen molar-refractivity contribution in [2.45, 2.75) is 97.3 Å². The molecule has 0 saturated heterocycles. The zero-order valence-corrected chi connectivity index (χ0v) is 13.3. The number of unbranched alkanes of at least 4 members (excludes halogenated alkanes) is 10. The molecule has 0 fully saturated rings. The van der Waals surface area contributed by atoms with Crippen molar-refractivity contribution in [1.29, 1.82) is 0 Å². The monoisotopic (exact) mass is 266 g/mol. The summed E-state index contributed by atoms with van der Waals surface area (Å²) in [5.74, 6) is 0. The number of aldehydes is 1. The van der Waals surface area contributed by atoms with Crippen molar-refractivity contribution < 1.29 is 4.79 Å². The zero-order valence-electron chi connectivity index (χ0n) is 13.3. The highest BCUT2D eigenvalue weighted by Crippen LogP contribution is 2.12. The van der Waals surface area contributed by atoms with Gasteiger partial charge in [-0.1, -0.05) is 77.7 Å².